The molecule has 9 heteroatoms. The first kappa shape index (κ1) is 19.6. The molecule has 1 amide bonds. The molecular weight excluding hydrogens is 375 g/mol. The van der Waals surface area contributed by atoms with Crippen LogP contribution in [0.25, 0.3) is 0 Å². The number of carbonyl (C=O) groups is 2. The zero-order chi connectivity index (χ0) is 19.4. The first-order chi connectivity index (χ1) is 12.2. The van der Waals surface area contributed by atoms with Gasteiger partial charge in [-0.05, 0) is 37.3 Å². The third kappa shape index (κ3) is 4.26. The lowest BCUT2D eigenvalue weighted by molar-refractivity contribution is -0.123. The number of ether oxygens (including phenoxy) is 2. The zero-order valence-corrected chi connectivity index (χ0v) is 14.4. The Bertz CT molecular complexity index is 860. The number of hydrogen-bond donors (Lipinski definition) is 1. The standard InChI is InChI=1S/C17H13ClF3NO4/c1-8(16(23)22-12-5-4-11(19)14(20)15(12)21)26-17(24)10-7-9(18)3-6-13(10)25-2/h3-8H,1-2H3,(H,22,23)/t8-/m1/s1. The van der Waals surface area contributed by atoms with Crippen LogP contribution in [0.1, 0.15) is 17.3 Å². The second kappa shape index (κ2) is 8.09. The third-order valence-corrected chi connectivity index (χ3v) is 3.56. The fourth-order valence-corrected chi connectivity index (χ4v) is 2.15. The molecule has 0 saturated heterocycles. The highest BCUT2D eigenvalue weighted by atomic mass is 35.5. The first-order valence-electron chi connectivity index (χ1n) is 7.23. The van der Waals surface area contributed by atoms with Crippen LogP contribution in [0.3, 0.4) is 0 Å². The van der Waals surface area contributed by atoms with E-state index in [1.54, 1.807) is 0 Å². The number of carbonyl (C=O) groups excluding carboxylic acids is 2. The van der Waals surface area contributed by atoms with Crippen molar-refractivity contribution >= 4 is 29.2 Å². The van der Waals surface area contributed by atoms with E-state index in [0.717, 1.165) is 6.07 Å². The van der Waals surface area contributed by atoms with Crippen molar-refractivity contribution in [1.29, 1.82) is 0 Å². The summed E-state index contributed by atoms with van der Waals surface area (Å²) in [6.45, 7) is 1.22. The van der Waals surface area contributed by atoms with Crippen molar-refractivity contribution in [2.24, 2.45) is 0 Å². The van der Waals surface area contributed by atoms with Gasteiger partial charge in [0.05, 0.1) is 12.8 Å². The van der Waals surface area contributed by atoms with Gasteiger partial charge in [0.2, 0.25) is 0 Å². The molecule has 26 heavy (non-hydrogen) atoms. The van der Waals surface area contributed by atoms with Gasteiger partial charge < -0.3 is 14.8 Å². The Labute approximate surface area is 151 Å². The van der Waals surface area contributed by atoms with Crippen molar-refractivity contribution < 1.29 is 32.2 Å². The number of benzene rings is 2. The molecule has 2 aromatic rings. The predicted octanol–water partition coefficient (Wildman–Crippen LogP) is 3.95. The second-order valence-corrected chi connectivity index (χ2v) is 5.54. The largest absolute Gasteiger partial charge is 0.496 e. The fourth-order valence-electron chi connectivity index (χ4n) is 1.97. The summed E-state index contributed by atoms with van der Waals surface area (Å²) in [6, 6.07) is 5.74. The average Bonchev–Trinajstić information content (AvgIpc) is 2.61. The van der Waals surface area contributed by atoms with Crippen molar-refractivity contribution in [1.82, 2.24) is 0 Å². The molecule has 138 valence electrons. The van der Waals surface area contributed by atoms with E-state index in [1.807, 2.05) is 5.32 Å². The lowest BCUT2D eigenvalue weighted by Gasteiger charge is -2.15. The number of halogens is 4. The minimum Gasteiger partial charge on any atom is -0.496 e. The highest BCUT2D eigenvalue weighted by molar-refractivity contribution is 6.31. The van der Waals surface area contributed by atoms with Crippen molar-refractivity contribution in [3.05, 3.63) is 58.4 Å². The molecule has 0 spiro atoms. The first-order valence-corrected chi connectivity index (χ1v) is 7.61. The summed E-state index contributed by atoms with van der Waals surface area (Å²) in [4.78, 5) is 24.2. The van der Waals surface area contributed by atoms with Gasteiger partial charge in [0, 0.05) is 5.02 Å². The normalized spacial score (nSPS) is 11.6. The number of anilines is 1. The lowest BCUT2D eigenvalue weighted by Crippen LogP contribution is -2.30. The minimum atomic E-state index is -1.73. The number of hydrogen-bond acceptors (Lipinski definition) is 4. The Kier molecular flexibility index (Phi) is 6.10. The van der Waals surface area contributed by atoms with Gasteiger partial charge in [-0.25, -0.2) is 18.0 Å². The maximum atomic E-state index is 13.6. The highest BCUT2D eigenvalue weighted by Crippen LogP contribution is 2.24. The molecule has 2 rings (SSSR count). The number of nitrogens with one attached hydrogen (secondary N) is 1. The molecule has 2 aromatic carbocycles. The van der Waals surface area contributed by atoms with Gasteiger partial charge in [-0.1, -0.05) is 11.6 Å². The van der Waals surface area contributed by atoms with Gasteiger partial charge in [-0.2, -0.15) is 0 Å². The number of amides is 1. The average molecular weight is 388 g/mol. The van der Waals surface area contributed by atoms with E-state index in [2.05, 4.69) is 0 Å². The zero-order valence-electron chi connectivity index (χ0n) is 13.6. The second-order valence-electron chi connectivity index (χ2n) is 5.10. The fraction of sp³-hybridized carbons (Fsp3) is 0.176. The Morgan fingerprint density at radius 2 is 1.81 bits per heavy atom. The molecule has 0 aliphatic rings. The molecule has 0 bridgehead atoms. The molecule has 0 unspecified atom stereocenters. The Hall–Kier alpha value is -2.74. The molecule has 0 aromatic heterocycles. The molecule has 0 heterocycles. The molecule has 0 aliphatic carbocycles. The molecule has 0 aliphatic heterocycles. The Morgan fingerprint density at radius 1 is 1.12 bits per heavy atom. The van der Waals surface area contributed by atoms with Crippen LogP contribution in [0.4, 0.5) is 18.9 Å². The van der Waals surface area contributed by atoms with Crippen LogP contribution in [-0.2, 0) is 9.53 Å². The molecule has 1 atom stereocenters. The summed E-state index contributed by atoms with van der Waals surface area (Å²) in [5, 5.41) is 2.27. The molecule has 0 saturated carbocycles. The predicted molar refractivity (Wildman–Crippen MR) is 87.8 cm³/mol. The smallest absolute Gasteiger partial charge is 0.342 e. The summed E-state index contributed by atoms with van der Waals surface area (Å²) >= 11 is 5.82. The van der Waals surface area contributed by atoms with Crippen LogP contribution in [0.15, 0.2) is 30.3 Å². The molecule has 1 N–H and O–H groups in total. The SMILES string of the molecule is COc1ccc(Cl)cc1C(=O)O[C@H](C)C(=O)Nc1ccc(F)c(F)c1F. The van der Waals surface area contributed by atoms with Crippen molar-refractivity contribution in [3.63, 3.8) is 0 Å². The van der Waals surface area contributed by atoms with E-state index in [-0.39, 0.29) is 16.3 Å². The van der Waals surface area contributed by atoms with Gasteiger partial charge in [-0.3, -0.25) is 4.79 Å². The maximum Gasteiger partial charge on any atom is 0.342 e. The van der Waals surface area contributed by atoms with Crippen LogP contribution in [0.2, 0.25) is 5.02 Å². The number of esters is 1. The van der Waals surface area contributed by atoms with Crippen molar-refractivity contribution in [3.8, 4) is 5.75 Å². The van der Waals surface area contributed by atoms with Crippen LogP contribution in [0, 0.1) is 17.5 Å². The molecule has 0 radical (unpaired) electrons. The summed E-state index contributed by atoms with van der Waals surface area (Å²) in [6.07, 6.45) is -1.36. The van der Waals surface area contributed by atoms with Gasteiger partial charge in [0.15, 0.2) is 23.6 Å². The molecule has 5 nitrogen and oxygen atoms in total. The Balaban J connectivity index is 2.11. The quantitative estimate of drug-likeness (QED) is 0.623. The van der Waals surface area contributed by atoms with Gasteiger partial charge >= 0.3 is 5.97 Å². The monoisotopic (exact) mass is 387 g/mol. The van der Waals surface area contributed by atoms with E-state index < -0.39 is 41.1 Å². The summed E-state index contributed by atoms with van der Waals surface area (Å²) in [5.74, 6) is -6.35. The van der Waals surface area contributed by atoms with E-state index in [1.165, 1.54) is 32.2 Å². The van der Waals surface area contributed by atoms with E-state index in [4.69, 9.17) is 21.1 Å². The van der Waals surface area contributed by atoms with E-state index in [0.29, 0.717) is 6.07 Å². The number of rotatable bonds is 5. The lowest BCUT2D eigenvalue weighted by atomic mass is 10.2. The Morgan fingerprint density at radius 3 is 2.46 bits per heavy atom. The van der Waals surface area contributed by atoms with Crippen molar-refractivity contribution in [2.75, 3.05) is 12.4 Å². The summed E-state index contributed by atoms with van der Waals surface area (Å²) in [7, 11) is 1.34. The summed E-state index contributed by atoms with van der Waals surface area (Å²) in [5.41, 5.74) is -0.601. The van der Waals surface area contributed by atoms with Crippen LogP contribution < -0.4 is 10.1 Å². The van der Waals surface area contributed by atoms with Crippen molar-refractivity contribution in [2.45, 2.75) is 13.0 Å². The maximum absolute atomic E-state index is 13.6. The summed E-state index contributed by atoms with van der Waals surface area (Å²) < 4.78 is 49.7. The van der Waals surface area contributed by atoms with Crippen LogP contribution in [-0.4, -0.2) is 25.1 Å². The minimum absolute atomic E-state index is 0.0151. The van der Waals surface area contributed by atoms with Crippen LogP contribution >= 0.6 is 11.6 Å². The van der Waals surface area contributed by atoms with Crippen LogP contribution in [0.5, 0.6) is 5.75 Å². The highest BCUT2D eigenvalue weighted by Gasteiger charge is 2.23. The third-order valence-electron chi connectivity index (χ3n) is 3.33. The topological polar surface area (TPSA) is 64.6 Å². The molecule has 0 fully saturated rings. The van der Waals surface area contributed by atoms with E-state index in [9.17, 15) is 22.8 Å². The van der Waals surface area contributed by atoms with Gasteiger partial charge in [0.1, 0.15) is 11.3 Å². The molecular formula is C17H13ClF3NO4. The number of methoxy groups -OCH3 is 1. The van der Waals surface area contributed by atoms with E-state index >= 15 is 0 Å². The van der Waals surface area contributed by atoms with Gasteiger partial charge in [-0.15, -0.1) is 0 Å². The van der Waals surface area contributed by atoms with Gasteiger partial charge in [0.25, 0.3) is 5.91 Å².